The lowest BCUT2D eigenvalue weighted by molar-refractivity contribution is -0.942. The van der Waals surface area contributed by atoms with Crippen LogP contribution in [-0.4, -0.2) is 112 Å². The van der Waals surface area contributed by atoms with Gasteiger partial charge >= 0.3 is 11.9 Å². The molecule has 1 aliphatic rings. The number of likely N-dealkylation sites (N-methyl/N-ethyl adjacent to an activating group) is 1. The number of ether oxygens (including phenoxy) is 1. The van der Waals surface area contributed by atoms with Crippen LogP contribution in [0.1, 0.15) is 134 Å². The number of nitrogens with two attached hydrogens (primary N) is 1. The Bertz CT molecular complexity index is 2380. The molecule has 1 saturated heterocycles. The van der Waals surface area contributed by atoms with Crippen molar-refractivity contribution in [2.24, 2.45) is 35.3 Å². The zero-order valence-corrected chi connectivity index (χ0v) is 45.6. The van der Waals surface area contributed by atoms with E-state index < -0.39 is 71.9 Å². The van der Waals surface area contributed by atoms with Gasteiger partial charge in [0.2, 0.25) is 17.7 Å². The average molecular weight is 1030 g/mol. The summed E-state index contributed by atoms with van der Waals surface area (Å²) < 4.78 is 6.28. The van der Waals surface area contributed by atoms with Crippen molar-refractivity contribution in [3.63, 3.8) is 0 Å². The molecule has 1 aliphatic heterocycles. The summed E-state index contributed by atoms with van der Waals surface area (Å²) in [5.41, 5.74) is 8.83. The number of thiazole rings is 1. The molecular formula is C55H81N8O9S+. The zero-order valence-electron chi connectivity index (χ0n) is 44.7. The molecule has 2 aromatic carbocycles. The second kappa shape index (κ2) is 27.3. The molecule has 0 radical (unpaired) electrons. The number of nitrogens with zero attached hydrogens (tertiary/aromatic N) is 3. The fourth-order valence-corrected chi connectivity index (χ4v) is 10.3. The van der Waals surface area contributed by atoms with Crippen LogP contribution in [0.2, 0.25) is 0 Å². The molecule has 0 saturated carbocycles. The minimum absolute atomic E-state index is 0.0758. The Kier molecular flexibility index (Phi) is 22.3. The largest absolute Gasteiger partial charge is 0.481 e. The van der Waals surface area contributed by atoms with Gasteiger partial charge < -0.3 is 46.2 Å². The molecule has 2 heterocycles. The number of carbonyl (C=O) groups is 7. The number of esters is 1. The summed E-state index contributed by atoms with van der Waals surface area (Å²) in [6.07, 6.45) is 2.95. The Morgan fingerprint density at radius 1 is 0.904 bits per heavy atom. The third kappa shape index (κ3) is 17.0. The van der Waals surface area contributed by atoms with E-state index in [9.17, 15) is 38.7 Å². The van der Waals surface area contributed by atoms with E-state index in [2.05, 4.69) is 39.9 Å². The van der Waals surface area contributed by atoms with Crippen LogP contribution >= 0.6 is 11.3 Å². The van der Waals surface area contributed by atoms with Crippen LogP contribution in [0.15, 0.2) is 72.3 Å². The summed E-state index contributed by atoms with van der Waals surface area (Å²) in [6, 6.07) is 14.0. The highest BCUT2D eigenvalue weighted by molar-refractivity contribution is 7.09. The number of piperidine rings is 1. The fraction of sp³-hybridized carbons (Fsp3) is 0.564. The number of amides is 5. The number of hydrogen-bond acceptors (Lipinski definition) is 11. The van der Waals surface area contributed by atoms with Crippen molar-refractivity contribution in [3.8, 4) is 0 Å². The van der Waals surface area contributed by atoms with E-state index in [0.717, 1.165) is 41.9 Å². The van der Waals surface area contributed by atoms with E-state index in [4.69, 9.17) is 10.5 Å². The number of quaternary nitrogens is 1. The minimum atomic E-state index is -0.964. The first-order valence-corrected chi connectivity index (χ1v) is 26.5. The number of likely N-dealkylation sites (tertiary alicyclic amines) is 1. The summed E-state index contributed by atoms with van der Waals surface area (Å²) >= 11 is 1.16. The van der Waals surface area contributed by atoms with Gasteiger partial charge in [-0.15, -0.1) is 11.3 Å². The maximum Gasteiger partial charge on any atom is 0.306 e. The molecule has 7 N–H and O–H groups in total. The van der Waals surface area contributed by atoms with Gasteiger partial charge in [-0.05, 0) is 68.1 Å². The lowest BCUT2D eigenvalue weighted by atomic mass is 9.86. The van der Waals surface area contributed by atoms with Gasteiger partial charge in [0.1, 0.15) is 23.3 Å². The van der Waals surface area contributed by atoms with Crippen LogP contribution in [0.4, 0.5) is 5.69 Å². The van der Waals surface area contributed by atoms with E-state index in [1.165, 1.54) is 6.92 Å². The molecule has 1 unspecified atom stereocenters. The van der Waals surface area contributed by atoms with Crippen molar-refractivity contribution in [2.75, 3.05) is 26.0 Å². The molecule has 18 heteroatoms. The molecule has 3 aromatic rings. The summed E-state index contributed by atoms with van der Waals surface area (Å²) in [4.78, 5) is 98.9. The highest BCUT2D eigenvalue weighted by Gasteiger charge is 2.43. The van der Waals surface area contributed by atoms with E-state index in [1.807, 2.05) is 84.0 Å². The summed E-state index contributed by atoms with van der Waals surface area (Å²) in [6.45, 7) is 21.7. The molecule has 1 aromatic heterocycles. The second-order valence-electron chi connectivity index (χ2n) is 20.9. The van der Waals surface area contributed by atoms with Gasteiger partial charge in [0.05, 0.1) is 31.5 Å². The fourth-order valence-electron chi connectivity index (χ4n) is 9.51. The molecule has 10 atom stereocenters. The molecule has 400 valence electrons. The van der Waals surface area contributed by atoms with Crippen molar-refractivity contribution in [2.45, 2.75) is 150 Å². The molecule has 5 amide bonds. The van der Waals surface area contributed by atoms with Gasteiger partial charge in [-0.1, -0.05) is 104 Å². The van der Waals surface area contributed by atoms with Crippen molar-refractivity contribution in [1.29, 1.82) is 0 Å². The maximum atomic E-state index is 14.8. The molecule has 1 fully saturated rings. The third-order valence-electron chi connectivity index (χ3n) is 14.3. The number of carbonyl (C=O) groups excluding carboxylic acids is 6. The highest BCUT2D eigenvalue weighted by Crippen LogP contribution is 2.34. The van der Waals surface area contributed by atoms with Crippen LogP contribution < -0.4 is 27.0 Å². The molecule has 73 heavy (non-hydrogen) atoms. The number of carboxylic acids is 1. The molecule has 0 aliphatic carbocycles. The van der Waals surface area contributed by atoms with Crippen LogP contribution in [0, 0.1) is 29.6 Å². The van der Waals surface area contributed by atoms with Crippen LogP contribution in [0.3, 0.4) is 0 Å². The Morgan fingerprint density at radius 3 is 2.15 bits per heavy atom. The monoisotopic (exact) mass is 1030 g/mol. The first-order valence-electron chi connectivity index (χ1n) is 25.6. The lowest BCUT2D eigenvalue weighted by Gasteiger charge is -2.44. The van der Waals surface area contributed by atoms with Gasteiger partial charge in [0, 0.05) is 61.2 Å². The quantitative estimate of drug-likeness (QED) is 0.0354. The maximum absolute atomic E-state index is 14.8. The number of rotatable bonds is 26. The molecule has 0 spiro atoms. The van der Waals surface area contributed by atoms with E-state index in [1.54, 1.807) is 43.3 Å². The first-order chi connectivity index (χ1) is 34.3. The Morgan fingerprint density at radius 2 is 1.56 bits per heavy atom. The van der Waals surface area contributed by atoms with Gasteiger partial charge in [0.25, 0.3) is 11.8 Å². The summed E-state index contributed by atoms with van der Waals surface area (Å²) in [5.74, 6) is -5.12. The molecule has 4 rings (SSSR count). The summed E-state index contributed by atoms with van der Waals surface area (Å²) in [5, 5.41) is 23.2. The van der Waals surface area contributed by atoms with Gasteiger partial charge in [-0.2, -0.15) is 0 Å². The minimum Gasteiger partial charge on any atom is -0.481 e. The second-order valence-corrected chi connectivity index (χ2v) is 21.8. The van der Waals surface area contributed by atoms with Crippen LogP contribution in [0.5, 0.6) is 0 Å². The lowest BCUT2D eigenvalue weighted by Crippen LogP contribution is -2.60. The van der Waals surface area contributed by atoms with Crippen molar-refractivity contribution >= 4 is 58.5 Å². The molecule has 0 bridgehead atoms. The Labute approximate surface area is 436 Å². The number of aliphatic carboxylic acids is 1. The van der Waals surface area contributed by atoms with E-state index in [-0.39, 0.29) is 54.0 Å². The number of anilines is 1. The SMILES string of the molecule is C=C(NC(=O)[C@H]1CCCC[N+]1(C)Cc1ccc(NC(=O)[C@H](C)NC(=O)[C@@H](N)C(C)C)cc1)[C@H](C(=O)N(C)[C@H](C[C@@H](OC(C)=O)c1nc(C(=O)N[C@@H](Cc2ccccc2)C[C@H](C)C(=O)O)cs1)C(C)C)[C@@H](C)CC. The number of hydrogen-bond donors (Lipinski definition) is 6. The third-order valence-corrected chi connectivity index (χ3v) is 15.2. The topological polar surface area (TPSA) is 239 Å². The van der Waals surface area contributed by atoms with Gasteiger partial charge in [0.15, 0.2) is 12.1 Å². The predicted molar refractivity (Wildman–Crippen MR) is 284 cm³/mol. The van der Waals surface area contributed by atoms with Gasteiger partial charge in [-0.3, -0.25) is 33.6 Å². The Hall–Kier alpha value is -5.98. The van der Waals surface area contributed by atoms with Crippen molar-refractivity contribution in [1.82, 2.24) is 25.8 Å². The standard InChI is InChI=1S/C55H80N8O9S/c1-13-34(6)47(36(8)57-51(67)45-21-17-18-26-63(45,12)30-40-22-24-41(25-23-40)59-49(65)37(9)58-52(68)48(56)33(4)5)54(69)62(11)44(32(2)3)29-46(72-38(10)64)53-61-43(31-73-53)50(66)60-42(27-35(7)55(70)71)28-39-19-15-14-16-20-39/h14-16,19-20,22-25,31-35,37,42,44-48H,8,13,17-18,21,26-30,56H2,1-7,9-12H3,(H4-,57,58,59,60,65,66,67,68,70,71)/p+1/t34-,35-,37-,42+,44+,45+,46+,47+,48-,63?/m0/s1. The van der Waals surface area contributed by atoms with E-state index >= 15 is 0 Å². The number of carboxylic acid groups (broad SMARTS) is 1. The van der Waals surface area contributed by atoms with Crippen molar-refractivity contribution < 1.29 is 47.9 Å². The smallest absolute Gasteiger partial charge is 0.306 e. The average Bonchev–Trinajstić information content (AvgIpc) is 3.83. The van der Waals surface area contributed by atoms with E-state index in [0.29, 0.717) is 46.7 Å². The van der Waals surface area contributed by atoms with Crippen LogP contribution in [-0.2, 0) is 46.5 Å². The predicted octanol–water partition coefficient (Wildman–Crippen LogP) is 6.99. The highest BCUT2D eigenvalue weighted by atomic mass is 32.1. The summed E-state index contributed by atoms with van der Waals surface area (Å²) in [7, 11) is 3.78. The zero-order chi connectivity index (χ0) is 54.3. The van der Waals surface area contributed by atoms with Gasteiger partial charge in [-0.25, -0.2) is 4.98 Å². The number of nitrogens with one attached hydrogen (secondary N) is 4. The van der Waals surface area contributed by atoms with Crippen LogP contribution in [0.25, 0.3) is 0 Å². The number of aromatic nitrogens is 1. The molecule has 17 nitrogen and oxygen atoms in total. The van der Waals surface area contributed by atoms with Crippen molar-refractivity contribution in [3.05, 3.63) is 94.1 Å². The number of benzene rings is 2. The Balaban J connectivity index is 1.47. The molecular weight excluding hydrogens is 949 g/mol. The normalized spacial score (nSPS) is 19.0. The first kappa shape index (κ1) is 59.6.